The number of ether oxygens (including phenoxy) is 3. The van der Waals surface area contributed by atoms with Crippen molar-refractivity contribution in [2.24, 2.45) is 0 Å². The third-order valence-electron chi connectivity index (χ3n) is 2.16. The van der Waals surface area contributed by atoms with Crippen LogP contribution in [0.2, 0.25) is 0 Å². The zero-order valence-corrected chi connectivity index (χ0v) is 9.12. The smallest absolute Gasteiger partial charge is 0.151 e. The normalized spacial score (nSPS) is 19.3. The minimum absolute atomic E-state index is 0.479. The molecule has 6 heteroatoms. The fourth-order valence-corrected chi connectivity index (χ4v) is 1.34. The number of methoxy groups -OCH3 is 3. The molecule has 0 heterocycles. The van der Waals surface area contributed by atoms with Crippen LogP contribution in [0.15, 0.2) is 0 Å². The van der Waals surface area contributed by atoms with Gasteiger partial charge in [-0.25, -0.2) is 0 Å². The predicted octanol–water partition coefficient (Wildman–Crippen LogP) is -1.42. The Morgan fingerprint density at radius 2 is 1.67 bits per heavy atom. The summed E-state index contributed by atoms with van der Waals surface area (Å²) in [5.41, 5.74) is 0. The first-order chi connectivity index (χ1) is 7.15. The van der Waals surface area contributed by atoms with Gasteiger partial charge in [0.15, 0.2) is 6.29 Å². The quantitative estimate of drug-likeness (QED) is 0.490. The highest BCUT2D eigenvalue weighted by Crippen LogP contribution is 2.12. The van der Waals surface area contributed by atoms with Crippen molar-refractivity contribution >= 4 is 6.29 Å². The van der Waals surface area contributed by atoms with Crippen LogP contribution in [0.3, 0.4) is 0 Å². The van der Waals surface area contributed by atoms with E-state index in [-0.39, 0.29) is 0 Å². The predicted molar refractivity (Wildman–Crippen MR) is 51.5 cm³/mol. The number of hydrogen-bond acceptors (Lipinski definition) is 6. The summed E-state index contributed by atoms with van der Waals surface area (Å²) >= 11 is 0. The highest BCUT2D eigenvalue weighted by atomic mass is 16.6. The van der Waals surface area contributed by atoms with Crippen molar-refractivity contribution in [2.45, 2.75) is 24.4 Å². The van der Waals surface area contributed by atoms with Crippen LogP contribution in [0.5, 0.6) is 0 Å². The van der Waals surface area contributed by atoms with E-state index >= 15 is 0 Å². The van der Waals surface area contributed by atoms with Gasteiger partial charge in [-0.15, -0.1) is 0 Å². The minimum Gasteiger partial charge on any atom is -0.394 e. The van der Waals surface area contributed by atoms with Crippen molar-refractivity contribution in [3.63, 3.8) is 0 Å². The van der Waals surface area contributed by atoms with Crippen molar-refractivity contribution in [3.05, 3.63) is 0 Å². The van der Waals surface area contributed by atoms with Gasteiger partial charge in [0.25, 0.3) is 0 Å². The molecule has 0 aliphatic heterocycles. The van der Waals surface area contributed by atoms with Crippen molar-refractivity contribution < 1.29 is 29.2 Å². The summed E-state index contributed by atoms with van der Waals surface area (Å²) in [6, 6.07) is 0. The van der Waals surface area contributed by atoms with Gasteiger partial charge in [-0.1, -0.05) is 0 Å². The summed E-state index contributed by atoms with van der Waals surface area (Å²) in [5, 5.41) is 18.2. The Kier molecular flexibility index (Phi) is 7.45. The molecule has 0 aromatic heterocycles. The first-order valence-electron chi connectivity index (χ1n) is 4.48. The molecule has 0 rings (SSSR count). The van der Waals surface area contributed by atoms with E-state index in [1.165, 1.54) is 21.3 Å². The molecule has 0 aromatic rings. The summed E-state index contributed by atoms with van der Waals surface area (Å²) in [7, 11) is 4.08. The van der Waals surface area contributed by atoms with Gasteiger partial charge in [0, 0.05) is 21.3 Å². The number of aliphatic hydroxyl groups is 2. The van der Waals surface area contributed by atoms with Crippen LogP contribution >= 0.6 is 0 Å². The van der Waals surface area contributed by atoms with Crippen LogP contribution in [0.1, 0.15) is 0 Å². The van der Waals surface area contributed by atoms with Crippen molar-refractivity contribution in [1.82, 2.24) is 0 Å². The van der Waals surface area contributed by atoms with Crippen molar-refractivity contribution in [2.75, 3.05) is 27.9 Å². The van der Waals surface area contributed by atoms with Gasteiger partial charge < -0.3 is 29.2 Å². The molecule has 0 saturated heterocycles. The van der Waals surface area contributed by atoms with E-state index in [1.807, 2.05) is 0 Å². The molecule has 0 spiro atoms. The summed E-state index contributed by atoms with van der Waals surface area (Å²) < 4.78 is 14.8. The Morgan fingerprint density at radius 1 is 1.13 bits per heavy atom. The monoisotopic (exact) mass is 222 g/mol. The minimum atomic E-state index is -1.13. The van der Waals surface area contributed by atoms with E-state index < -0.39 is 31.0 Å². The lowest BCUT2D eigenvalue weighted by atomic mass is 10.0. The SMILES string of the molecule is CO[C@@H]([C@H](OC)[C@H](C=O)OC)[C@H](O)CO. The van der Waals surface area contributed by atoms with Crippen LogP contribution in [0, 0.1) is 0 Å². The van der Waals surface area contributed by atoms with Crippen molar-refractivity contribution in [3.8, 4) is 0 Å². The number of hydrogen-bond donors (Lipinski definition) is 2. The maximum absolute atomic E-state index is 10.7. The molecule has 0 aromatic carbocycles. The zero-order chi connectivity index (χ0) is 11.8. The molecule has 0 saturated carbocycles. The van der Waals surface area contributed by atoms with E-state index in [2.05, 4.69) is 0 Å². The molecular formula is C9H18O6. The second-order valence-electron chi connectivity index (χ2n) is 2.99. The van der Waals surface area contributed by atoms with E-state index in [0.29, 0.717) is 6.29 Å². The topological polar surface area (TPSA) is 85.2 Å². The van der Waals surface area contributed by atoms with E-state index in [4.69, 9.17) is 19.3 Å². The molecule has 0 aliphatic rings. The van der Waals surface area contributed by atoms with Crippen LogP contribution < -0.4 is 0 Å². The summed E-state index contributed by atoms with van der Waals surface area (Å²) in [5.74, 6) is 0. The molecule has 90 valence electrons. The van der Waals surface area contributed by atoms with Crippen molar-refractivity contribution in [1.29, 1.82) is 0 Å². The van der Waals surface area contributed by atoms with Crippen LogP contribution in [0.4, 0.5) is 0 Å². The largest absolute Gasteiger partial charge is 0.394 e. The van der Waals surface area contributed by atoms with Crippen LogP contribution in [0.25, 0.3) is 0 Å². The van der Waals surface area contributed by atoms with Gasteiger partial charge in [0.1, 0.15) is 24.4 Å². The molecule has 0 aliphatic carbocycles. The highest BCUT2D eigenvalue weighted by molar-refractivity contribution is 5.57. The van der Waals surface area contributed by atoms with Gasteiger partial charge in [0.05, 0.1) is 6.61 Å². The number of carbonyl (C=O) groups excluding carboxylic acids is 1. The first kappa shape index (κ1) is 14.5. The highest BCUT2D eigenvalue weighted by Gasteiger charge is 2.34. The average Bonchev–Trinajstić information content (AvgIpc) is 2.28. The van der Waals surface area contributed by atoms with Gasteiger partial charge in [-0.05, 0) is 0 Å². The molecule has 4 atom stereocenters. The van der Waals surface area contributed by atoms with Gasteiger partial charge >= 0.3 is 0 Å². The fourth-order valence-electron chi connectivity index (χ4n) is 1.34. The molecular weight excluding hydrogens is 204 g/mol. The van der Waals surface area contributed by atoms with E-state index in [1.54, 1.807) is 0 Å². The van der Waals surface area contributed by atoms with Crippen LogP contribution in [-0.2, 0) is 19.0 Å². The van der Waals surface area contributed by atoms with Gasteiger partial charge in [0.2, 0.25) is 0 Å². The second-order valence-corrected chi connectivity index (χ2v) is 2.99. The lowest BCUT2D eigenvalue weighted by molar-refractivity contribution is -0.155. The standard InChI is InChI=1S/C9H18O6/c1-13-7(5-11)9(15-3)8(14-2)6(12)4-10/h5-10,12H,4H2,1-3H3/t6-,7+,8-,9-/m1/s1. The molecule has 0 bridgehead atoms. The van der Waals surface area contributed by atoms with Gasteiger partial charge in [-0.3, -0.25) is 0 Å². The molecule has 0 radical (unpaired) electrons. The Bertz CT molecular complexity index is 174. The maximum atomic E-state index is 10.7. The number of rotatable bonds is 8. The summed E-state index contributed by atoms with van der Waals surface area (Å²) in [6.07, 6.45) is -3.00. The third kappa shape index (κ3) is 3.84. The molecule has 0 unspecified atom stereocenters. The third-order valence-corrected chi connectivity index (χ3v) is 2.16. The average molecular weight is 222 g/mol. The molecule has 2 N–H and O–H groups in total. The number of aliphatic hydroxyl groups excluding tert-OH is 2. The molecule has 0 fully saturated rings. The second kappa shape index (κ2) is 7.72. The summed E-state index contributed by atoms with van der Waals surface area (Å²) in [6.45, 7) is -0.479. The Morgan fingerprint density at radius 3 is 1.93 bits per heavy atom. The Hall–Kier alpha value is -0.530. The number of aldehydes is 1. The molecule has 6 nitrogen and oxygen atoms in total. The lowest BCUT2D eigenvalue weighted by Crippen LogP contribution is -2.49. The summed E-state index contributed by atoms with van der Waals surface area (Å²) in [4.78, 5) is 10.7. The van der Waals surface area contributed by atoms with Gasteiger partial charge in [-0.2, -0.15) is 0 Å². The van der Waals surface area contributed by atoms with E-state index in [0.717, 1.165) is 0 Å². The number of carbonyl (C=O) groups is 1. The zero-order valence-electron chi connectivity index (χ0n) is 9.12. The van der Waals surface area contributed by atoms with Crippen LogP contribution in [-0.4, -0.2) is 68.9 Å². The lowest BCUT2D eigenvalue weighted by Gasteiger charge is -2.30. The van der Waals surface area contributed by atoms with E-state index in [9.17, 15) is 9.90 Å². The first-order valence-corrected chi connectivity index (χ1v) is 4.48. The molecule has 15 heavy (non-hydrogen) atoms. The molecule has 0 amide bonds. The Balaban J connectivity index is 4.64. The fraction of sp³-hybridized carbons (Fsp3) is 0.889. The Labute approximate surface area is 88.7 Å². The maximum Gasteiger partial charge on any atom is 0.151 e.